The number of anilines is 2. The van der Waals surface area contributed by atoms with E-state index in [4.69, 9.17) is 17.3 Å². The van der Waals surface area contributed by atoms with E-state index in [1.807, 2.05) is 36.2 Å². The molecule has 0 saturated carbocycles. The molecule has 0 unspecified atom stereocenters. The van der Waals surface area contributed by atoms with E-state index in [2.05, 4.69) is 10.2 Å². The van der Waals surface area contributed by atoms with Crippen LogP contribution >= 0.6 is 11.6 Å². The maximum atomic E-state index is 11.9. The van der Waals surface area contributed by atoms with Gasteiger partial charge < -0.3 is 15.5 Å². The Morgan fingerprint density at radius 1 is 1.17 bits per heavy atom. The van der Waals surface area contributed by atoms with Crippen LogP contribution in [0.2, 0.25) is 5.15 Å². The van der Waals surface area contributed by atoms with Crippen molar-refractivity contribution < 1.29 is 4.79 Å². The van der Waals surface area contributed by atoms with E-state index in [1.165, 1.54) is 0 Å². The minimum atomic E-state index is -0.000978. The second-order valence-electron chi connectivity index (χ2n) is 5.51. The van der Waals surface area contributed by atoms with Gasteiger partial charge in [-0.25, -0.2) is 0 Å². The number of likely N-dealkylation sites (N-methyl/N-ethyl adjacent to an activating group) is 1. The normalized spacial score (nSPS) is 10.4. The number of nitrogens with zero attached hydrogens (tertiary/aromatic N) is 4. The van der Waals surface area contributed by atoms with Crippen LogP contribution in [0, 0.1) is 0 Å². The van der Waals surface area contributed by atoms with Crippen molar-refractivity contribution in [1.82, 2.24) is 15.1 Å². The van der Waals surface area contributed by atoms with E-state index >= 15 is 0 Å². The Labute approximate surface area is 140 Å². The summed E-state index contributed by atoms with van der Waals surface area (Å²) >= 11 is 5.86. The Morgan fingerprint density at radius 2 is 1.83 bits per heavy atom. The Balaban J connectivity index is 2.00. The smallest absolute Gasteiger partial charge is 0.253 e. The summed E-state index contributed by atoms with van der Waals surface area (Å²) in [5, 5.41) is 7.84. The molecule has 0 bridgehead atoms. The standard InChI is InChI=1S/C16H20ClN5O/c1-21(2)16(23)12-6-4-11(5-7-12)8-9-22(3)13-10-14(17)19-20-15(13)18/h4-7,10H,8-9H2,1-3H3,(H2,18,20). The van der Waals surface area contributed by atoms with Crippen molar-refractivity contribution >= 4 is 29.0 Å². The molecule has 0 aliphatic rings. The van der Waals surface area contributed by atoms with Gasteiger partial charge in [-0.05, 0) is 24.1 Å². The van der Waals surface area contributed by atoms with Crippen molar-refractivity contribution in [1.29, 1.82) is 0 Å². The molecule has 7 heteroatoms. The highest BCUT2D eigenvalue weighted by Crippen LogP contribution is 2.22. The number of halogens is 1. The lowest BCUT2D eigenvalue weighted by Gasteiger charge is -2.20. The van der Waals surface area contributed by atoms with E-state index in [9.17, 15) is 4.79 Å². The van der Waals surface area contributed by atoms with Crippen LogP contribution in [0.3, 0.4) is 0 Å². The number of carbonyl (C=O) groups excluding carboxylic acids is 1. The van der Waals surface area contributed by atoms with Crippen molar-refractivity contribution in [3.8, 4) is 0 Å². The van der Waals surface area contributed by atoms with Gasteiger partial charge in [-0.3, -0.25) is 4.79 Å². The van der Waals surface area contributed by atoms with Crippen LogP contribution in [-0.4, -0.2) is 48.7 Å². The van der Waals surface area contributed by atoms with Crippen molar-refractivity contribution in [2.75, 3.05) is 38.3 Å². The highest BCUT2D eigenvalue weighted by Gasteiger charge is 2.10. The molecular weight excluding hydrogens is 314 g/mol. The zero-order valence-corrected chi connectivity index (χ0v) is 14.2. The zero-order chi connectivity index (χ0) is 17.0. The maximum absolute atomic E-state index is 11.9. The summed E-state index contributed by atoms with van der Waals surface area (Å²) in [5.74, 6) is 0.350. The van der Waals surface area contributed by atoms with Gasteiger partial charge in [0.25, 0.3) is 5.91 Å². The third kappa shape index (κ3) is 4.32. The number of amides is 1. The molecule has 2 aromatic rings. The van der Waals surface area contributed by atoms with Gasteiger partial charge in [-0.15, -0.1) is 10.2 Å². The average molecular weight is 334 g/mol. The van der Waals surface area contributed by atoms with Crippen molar-refractivity contribution in [3.05, 3.63) is 46.6 Å². The second-order valence-corrected chi connectivity index (χ2v) is 5.89. The lowest BCUT2D eigenvalue weighted by Crippen LogP contribution is -2.22. The number of hydrogen-bond donors (Lipinski definition) is 1. The van der Waals surface area contributed by atoms with E-state index in [-0.39, 0.29) is 5.91 Å². The van der Waals surface area contributed by atoms with Gasteiger partial charge in [-0.2, -0.15) is 0 Å². The van der Waals surface area contributed by atoms with E-state index in [0.717, 1.165) is 24.2 Å². The van der Waals surface area contributed by atoms with Crippen molar-refractivity contribution in [2.45, 2.75) is 6.42 Å². The molecule has 0 spiro atoms. The van der Waals surface area contributed by atoms with Crippen molar-refractivity contribution in [2.24, 2.45) is 0 Å². The van der Waals surface area contributed by atoms with Gasteiger partial charge in [0.05, 0.1) is 5.69 Å². The quantitative estimate of drug-likeness (QED) is 0.906. The molecule has 1 heterocycles. The number of aromatic nitrogens is 2. The molecule has 2 N–H and O–H groups in total. The lowest BCUT2D eigenvalue weighted by molar-refractivity contribution is 0.0827. The summed E-state index contributed by atoms with van der Waals surface area (Å²) in [4.78, 5) is 15.4. The first kappa shape index (κ1) is 17.0. The molecule has 0 fully saturated rings. The van der Waals surface area contributed by atoms with Crippen LogP contribution in [0.4, 0.5) is 11.5 Å². The summed E-state index contributed by atoms with van der Waals surface area (Å²) < 4.78 is 0. The molecule has 0 aliphatic heterocycles. The number of nitrogens with two attached hydrogens (primary N) is 1. The molecule has 23 heavy (non-hydrogen) atoms. The van der Waals surface area contributed by atoms with Gasteiger partial charge in [-0.1, -0.05) is 23.7 Å². The molecule has 1 aromatic carbocycles. The van der Waals surface area contributed by atoms with Gasteiger partial charge in [0.15, 0.2) is 11.0 Å². The van der Waals surface area contributed by atoms with Gasteiger partial charge in [0.2, 0.25) is 0 Å². The Hall–Kier alpha value is -2.34. The maximum Gasteiger partial charge on any atom is 0.253 e. The summed E-state index contributed by atoms with van der Waals surface area (Å²) in [6, 6.07) is 9.31. The number of carbonyl (C=O) groups is 1. The number of rotatable bonds is 5. The summed E-state index contributed by atoms with van der Waals surface area (Å²) in [5.41, 5.74) is 8.40. The Bertz CT molecular complexity index is 687. The summed E-state index contributed by atoms with van der Waals surface area (Å²) in [6.07, 6.45) is 0.812. The third-order valence-corrected chi connectivity index (χ3v) is 3.71. The van der Waals surface area contributed by atoms with Crippen LogP contribution in [0.5, 0.6) is 0 Å². The number of hydrogen-bond acceptors (Lipinski definition) is 5. The zero-order valence-electron chi connectivity index (χ0n) is 13.5. The molecule has 2 rings (SSSR count). The molecule has 0 atom stereocenters. The molecule has 1 aromatic heterocycles. The minimum Gasteiger partial charge on any atom is -0.380 e. The fourth-order valence-corrected chi connectivity index (χ4v) is 2.30. The Kier molecular flexibility index (Phi) is 5.39. The third-order valence-electron chi connectivity index (χ3n) is 3.53. The molecule has 0 radical (unpaired) electrons. The van der Waals surface area contributed by atoms with Gasteiger partial charge in [0, 0.05) is 39.3 Å². The van der Waals surface area contributed by atoms with Crippen molar-refractivity contribution in [3.63, 3.8) is 0 Å². The van der Waals surface area contributed by atoms with Crippen LogP contribution in [0.25, 0.3) is 0 Å². The van der Waals surface area contributed by atoms with Crippen LogP contribution < -0.4 is 10.6 Å². The molecule has 0 aliphatic carbocycles. The number of nitrogen functional groups attached to an aromatic ring is 1. The molecule has 0 saturated heterocycles. The molecular formula is C16H20ClN5O. The predicted molar refractivity (Wildman–Crippen MR) is 92.9 cm³/mol. The van der Waals surface area contributed by atoms with Crippen LogP contribution in [-0.2, 0) is 6.42 Å². The number of benzene rings is 1. The fraction of sp³-hybridized carbons (Fsp3) is 0.312. The van der Waals surface area contributed by atoms with Gasteiger partial charge >= 0.3 is 0 Å². The first-order valence-corrected chi connectivity index (χ1v) is 7.56. The molecule has 1 amide bonds. The van der Waals surface area contributed by atoms with E-state index in [1.54, 1.807) is 25.1 Å². The first-order valence-electron chi connectivity index (χ1n) is 7.19. The largest absolute Gasteiger partial charge is 0.380 e. The SMILES string of the molecule is CN(C)C(=O)c1ccc(CCN(C)c2cc(Cl)nnc2N)cc1. The monoisotopic (exact) mass is 333 g/mol. The summed E-state index contributed by atoms with van der Waals surface area (Å²) in [7, 11) is 5.40. The highest BCUT2D eigenvalue weighted by molar-refractivity contribution is 6.29. The molecule has 122 valence electrons. The fourth-order valence-electron chi connectivity index (χ4n) is 2.16. The first-order chi connectivity index (χ1) is 10.9. The Morgan fingerprint density at radius 3 is 2.43 bits per heavy atom. The predicted octanol–water partition coefficient (Wildman–Crippen LogP) is 2.09. The van der Waals surface area contributed by atoms with Gasteiger partial charge in [0.1, 0.15) is 0 Å². The molecule has 6 nitrogen and oxygen atoms in total. The van der Waals surface area contributed by atoms with E-state index < -0.39 is 0 Å². The highest BCUT2D eigenvalue weighted by atomic mass is 35.5. The topological polar surface area (TPSA) is 75.4 Å². The summed E-state index contributed by atoms with van der Waals surface area (Å²) in [6.45, 7) is 0.743. The van der Waals surface area contributed by atoms with Crippen LogP contribution in [0.1, 0.15) is 15.9 Å². The van der Waals surface area contributed by atoms with Crippen LogP contribution in [0.15, 0.2) is 30.3 Å². The van der Waals surface area contributed by atoms with E-state index in [0.29, 0.717) is 16.5 Å². The average Bonchev–Trinajstić information content (AvgIpc) is 2.54. The lowest BCUT2D eigenvalue weighted by atomic mass is 10.1. The minimum absolute atomic E-state index is 0.000978. The second kappa shape index (κ2) is 7.28.